The van der Waals surface area contributed by atoms with Gasteiger partial charge >= 0.3 is 12.4 Å². The molecule has 0 radical (unpaired) electrons. The molecule has 242 valence electrons. The van der Waals surface area contributed by atoms with Crippen LogP contribution < -0.4 is 4.74 Å². The van der Waals surface area contributed by atoms with Crippen LogP contribution in [0.2, 0.25) is 0 Å². The molecule has 5 nitrogen and oxygen atoms in total. The number of nitrogens with zero attached hydrogens (tertiary/aromatic N) is 4. The number of hydrogen-bond acceptors (Lipinski definition) is 3. The van der Waals surface area contributed by atoms with Crippen LogP contribution in [-0.4, -0.2) is 19.3 Å². The van der Waals surface area contributed by atoms with E-state index in [1.54, 1.807) is 30.5 Å². The average Bonchev–Trinajstić information content (AvgIpc) is 3.63. The highest BCUT2D eigenvalue weighted by Gasteiger charge is 2.43. The van der Waals surface area contributed by atoms with Crippen LogP contribution in [-0.2, 0) is 12.4 Å². The molecule has 7 rings (SSSR count). The maximum Gasteiger partial charge on any atom is 0.417 e. The van der Waals surface area contributed by atoms with Crippen molar-refractivity contribution in [3.63, 3.8) is 0 Å². The van der Waals surface area contributed by atoms with Crippen molar-refractivity contribution in [1.29, 1.82) is 0 Å². The molecule has 11 heteroatoms. The molecule has 0 N–H and O–H groups in total. The van der Waals surface area contributed by atoms with Gasteiger partial charge in [0.2, 0.25) is 0 Å². The molecule has 0 aliphatic carbocycles. The number of hydrogen-bond donors (Lipinski definition) is 0. The van der Waals surface area contributed by atoms with Crippen molar-refractivity contribution in [3.05, 3.63) is 131 Å². The fourth-order valence-electron chi connectivity index (χ4n) is 6.33. The van der Waals surface area contributed by atoms with Gasteiger partial charge in [-0.3, -0.25) is 4.57 Å². The summed E-state index contributed by atoms with van der Waals surface area (Å²) in [5.41, 5.74) is -1.27. The van der Waals surface area contributed by atoms with Crippen molar-refractivity contribution >= 4 is 21.8 Å². The van der Waals surface area contributed by atoms with E-state index < -0.39 is 29.0 Å². The minimum Gasteiger partial charge on any atom is -0.457 e. The van der Waals surface area contributed by atoms with Crippen molar-refractivity contribution in [3.8, 4) is 34.1 Å². The SMILES string of the molecule is Cc1ccnc(-n2c3ccccc3c3ccc(Oc4cccc(-n5cc(-c6c(C(F)(F)F)c(C)cc(C)c6C(F)(F)F)cn5)c4)cc32)c1. The maximum atomic E-state index is 14.2. The maximum absolute atomic E-state index is 14.2. The summed E-state index contributed by atoms with van der Waals surface area (Å²) in [6.45, 7) is 4.30. The fourth-order valence-corrected chi connectivity index (χ4v) is 6.33. The van der Waals surface area contributed by atoms with E-state index in [-0.39, 0.29) is 16.7 Å². The Hall–Kier alpha value is -5.58. The molecule has 0 saturated heterocycles. The second-order valence-corrected chi connectivity index (χ2v) is 11.6. The van der Waals surface area contributed by atoms with Crippen LogP contribution >= 0.6 is 0 Å². The summed E-state index contributed by atoms with van der Waals surface area (Å²) in [5.74, 6) is 1.65. The quantitative estimate of drug-likeness (QED) is 0.173. The molecule has 0 amide bonds. The fraction of sp³-hybridized carbons (Fsp3) is 0.135. The minimum absolute atomic E-state index is 0.305. The molecular weight excluding hydrogens is 630 g/mol. The number of para-hydroxylation sites is 1. The Bertz CT molecular complexity index is 2310. The Kier molecular flexibility index (Phi) is 7.30. The molecule has 0 unspecified atom stereocenters. The standard InChI is InChI=1S/C37H26F6N4O/c1-21-13-14-44-32(15-21)47-30-10-5-4-9-28(30)29-12-11-27(18-31(29)47)48-26-8-6-7-25(17-26)46-20-24(19-45-46)33-34(36(38,39)40)22(2)16-23(3)35(33)37(41,42)43/h4-20H,1-3H3. The highest BCUT2D eigenvalue weighted by Crippen LogP contribution is 2.47. The number of halogens is 6. The first kappa shape index (κ1) is 31.0. The number of benzene rings is 4. The second-order valence-electron chi connectivity index (χ2n) is 11.6. The Balaban J connectivity index is 1.28. The zero-order valence-corrected chi connectivity index (χ0v) is 25.8. The smallest absolute Gasteiger partial charge is 0.417 e. The Morgan fingerprint density at radius 2 is 1.35 bits per heavy atom. The van der Waals surface area contributed by atoms with Crippen LogP contribution in [0.3, 0.4) is 0 Å². The first-order valence-corrected chi connectivity index (χ1v) is 14.9. The Morgan fingerprint density at radius 3 is 2.06 bits per heavy atom. The molecule has 0 bridgehead atoms. The lowest BCUT2D eigenvalue weighted by molar-refractivity contribution is -0.142. The Morgan fingerprint density at radius 1 is 0.667 bits per heavy atom. The summed E-state index contributed by atoms with van der Waals surface area (Å²) in [4.78, 5) is 4.60. The van der Waals surface area contributed by atoms with Crippen molar-refractivity contribution in [2.45, 2.75) is 33.1 Å². The van der Waals surface area contributed by atoms with Crippen LogP contribution in [0.25, 0.3) is 44.4 Å². The van der Waals surface area contributed by atoms with Crippen LogP contribution in [0.1, 0.15) is 27.8 Å². The lowest BCUT2D eigenvalue weighted by Gasteiger charge is -2.22. The van der Waals surface area contributed by atoms with Gasteiger partial charge in [-0.25, -0.2) is 9.67 Å². The first-order chi connectivity index (χ1) is 22.8. The van der Waals surface area contributed by atoms with Crippen molar-refractivity contribution in [1.82, 2.24) is 19.3 Å². The zero-order chi connectivity index (χ0) is 34.0. The van der Waals surface area contributed by atoms with Crippen molar-refractivity contribution in [2.75, 3.05) is 0 Å². The molecule has 0 saturated carbocycles. The van der Waals surface area contributed by atoms with Crippen molar-refractivity contribution < 1.29 is 31.1 Å². The molecule has 4 aromatic carbocycles. The molecule has 3 heterocycles. The van der Waals surface area contributed by atoms with Gasteiger partial charge in [0.15, 0.2) is 0 Å². The van der Waals surface area contributed by atoms with Gasteiger partial charge in [-0.1, -0.05) is 30.3 Å². The van der Waals surface area contributed by atoms with Gasteiger partial charge in [0.1, 0.15) is 17.3 Å². The van der Waals surface area contributed by atoms with Gasteiger partial charge < -0.3 is 4.74 Å². The van der Waals surface area contributed by atoms with E-state index in [1.807, 2.05) is 61.5 Å². The first-order valence-electron chi connectivity index (χ1n) is 14.9. The third-order valence-electron chi connectivity index (χ3n) is 8.25. The number of fused-ring (bicyclic) bond motifs is 3. The number of pyridine rings is 1. The van der Waals surface area contributed by atoms with E-state index in [0.29, 0.717) is 17.2 Å². The summed E-state index contributed by atoms with van der Waals surface area (Å²) >= 11 is 0. The lowest BCUT2D eigenvalue weighted by Crippen LogP contribution is -2.17. The second kappa shape index (κ2) is 11.3. The molecule has 3 aromatic heterocycles. The molecule has 0 aliphatic heterocycles. The van der Waals surface area contributed by atoms with Gasteiger partial charge in [-0.05, 0) is 79.9 Å². The predicted molar refractivity (Wildman–Crippen MR) is 172 cm³/mol. The number of aromatic nitrogens is 4. The van der Waals surface area contributed by atoms with Crippen molar-refractivity contribution in [2.24, 2.45) is 0 Å². The van der Waals surface area contributed by atoms with E-state index >= 15 is 0 Å². The minimum atomic E-state index is -5.02. The normalized spacial score (nSPS) is 12.3. The van der Waals surface area contributed by atoms with Gasteiger partial charge in [0.25, 0.3) is 0 Å². The number of rotatable bonds is 5. The average molecular weight is 657 g/mol. The largest absolute Gasteiger partial charge is 0.457 e. The van der Waals surface area contributed by atoms with E-state index in [4.69, 9.17) is 4.74 Å². The monoisotopic (exact) mass is 656 g/mol. The summed E-state index contributed by atoms with van der Waals surface area (Å²) in [5, 5.41) is 6.20. The number of ether oxygens (including phenoxy) is 1. The van der Waals surface area contributed by atoms with Gasteiger partial charge in [0.05, 0.1) is 34.0 Å². The van der Waals surface area contributed by atoms with Gasteiger partial charge in [0, 0.05) is 46.4 Å². The van der Waals surface area contributed by atoms with Crippen LogP contribution in [0.4, 0.5) is 26.3 Å². The lowest BCUT2D eigenvalue weighted by atomic mass is 9.88. The van der Waals surface area contributed by atoms with E-state index in [1.165, 1.54) is 4.68 Å². The van der Waals surface area contributed by atoms with Crippen LogP contribution in [0.15, 0.2) is 104 Å². The van der Waals surface area contributed by atoms with E-state index in [9.17, 15) is 26.3 Å². The van der Waals surface area contributed by atoms with Crippen LogP contribution in [0.5, 0.6) is 11.5 Å². The molecule has 48 heavy (non-hydrogen) atoms. The van der Waals surface area contributed by atoms with E-state index in [0.717, 1.165) is 65.5 Å². The number of alkyl halides is 6. The van der Waals surface area contributed by atoms with Crippen LogP contribution in [0, 0.1) is 20.8 Å². The summed E-state index contributed by atoms with van der Waals surface area (Å²) in [7, 11) is 0. The summed E-state index contributed by atoms with van der Waals surface area (Å²) in [6.07, 6.45) is -6.11. The molecule has 7 aromatic rings. The summed E-state index contributed by atoms with van der Waals surface area (Å²) in [6, 6.07) is 25.1. The predicted octanol–water partition coefficient (Wildman–Crippen LogP) is 10.8. The van der Waals surface area contributed by atoms with Gasteiger partial charge in [-0.15, -0.1) is 0 Å². The highest BCUT2D eigenvalue weighted by molar-refractivity contribution is 6.09. The molecule has 0 atom stereocenters. The summed E-state index contributed by atoms with van der Waals surface area (Å²) < 4.78 is 94.5. The molecule has 0 aliphatic rings. The zero-order valence-electron chi connectivity index (χ0n) is 25.8. The third kappa shape index (κ3) is 5.44. The topological polar surface area (TPSA) is 44.9 Å². The van der Waals surface area contributed by atoms with Gasteiger partial charge in [-0.2, -0.15) is 31.4 Å². The highest BCUT2D eigenvalue weighted by atomic mass is 19.4. The number of aryl methyl sites for hydroxylation is 3. The molecular formula is C37H26F6N4O. The molecule has 0 fully saturated rings. The Labute approximate surface area is 270 Å². The third-order valence-corrected chi connectivity index (χ3v) is 8.25. The molecule has 0 spiro atoms. The van der Waals surface area contributed by atoms with E-state index in [2.05, 4.69) is 14.6 Å².